The van der Waals surface area contributed by atoms with Gasteiger partial charge in [-0.3, -0.25) is 4.90 Å². The third kappa shape index (κ3) is 4.79. The van der Waals surface area contributed by atoms with Crippen molar-refractivity contribution >= 4 is 17.4 Å². The Hall–Kier alpha value is -2.50. The minimum absolute atomic E-state index is 0.0663. The number of hydrogen-bond acceptors (Lipinski definition) is 6. The van der Waals surface area contributed by atoms with Gasteiger partial charge >= 0.3 is 0 Å². The number of aryl methyl sites for hydroxylation is 1. The third-order valence-electron chi connectivity index (χ3n) is 5.42. The Labute approximate surface area is 179 Å². The van der Waals surface area contributed by atoms with Crippen LogP contribution in [0.2, 0.25) is 5.15 Å². The van der Waals surface area contributed by atoms with Crippen molar-refractivity contribution in [1.29, 1.82) is 5.26 Å². The highest BCUT2D eigenvalue weighted by molar-refractivity contribution is 6.30. The molecule has 1 N–H and O–H groups in total. The highest BCUT2D eigenvalue weighted by Gasteiger charge is 2.27. The number of aromatic nitrogens is 2. The number of nitrogens with one attached hydrogen (secondary N) is 1. The van der Waals surface area contributed by atoms with E-state index in [-0.39, 0.29) is 18.5 Å². The average molecular weight is 436 g/mol. The van der Waals surface area contributed by atoms with E-state index in [9.17, 15) is 8.78 Å². The topological polar surface area (TPSA) is 74.1 Å². The fraction of sp³-hybridized carbons (Fsp3) is 0.476. The molecule has 3 rings (SSSR count). The van der Waals surface area contributed by atoms with Crippen molar-refractivity contribution < 1.29 is 13.5 Å². The molecular formula is C21H24ClF2N5O. The lowest BCUT2D eigenvalue weighted by atomic mass is 9.94. The quantitative estimate of drug-likeness (QED) is 0.511. The molecule has 160 valence electrons. The van der Waals surface area contributed by atoms with E-state index in [0.29, 0.717) is 17.5 Å². The van der Waals surface area contributed by atoms with Gasteiger partial charge in [-0.05, 0) is 43.9 Å². The smallest absolute Gasteiger partial charge is 0.272 e. The molecule has 0 aliphatic carbocycles. The van der Waals surface area contributed by atoms with Gasteiger partial charge in [-0.2, -0.15) is 5.26 Å². The number of rotatable bonds is 7. The molecule has 0 saturated heterocycles. The lowest BCUT2D eigenvalue weighted by Crippen LogP contribution is -2.34. The Bertz CT molecular complexity index is 963. The first-order valence-corrected chi connectivity index (χ1v) is 10.1. The maximum Gasteiger partial charge on any atom is 0.272 e. The Balaban J connectivity index is 1.81. The van der Waals surface area contributed by atoms with Gasteiger partial charge in [0.2, 0.25) is 5.88 Å². The summed E-state index contributed by atoms with van der Waals surface area (Å²) < 4.78 is 29.7. The van der Waals surface area contributed by atoms with Crippen LogP contribution in [0.3, 0.4) is 0 Å². The van der Waals surface area contributed by atoms with Crippen molar-refractivity contribution in [2.24, 2.45) is 0 Å². The number of fused-ring (bicyclic) bond motifs is 1. The summed E-state index contributed by atoms with van der Waals surface area (Å²) >= 11 is 6.34. The van der Waals surface area contributed by atoms with Gasteiger partial charge in [0.1, 0.15) is 17.5 Å². The Kier molecular flexibility index (Phi) is 7.06. The second-order valence-corrected chi connectivity index (χ2v) is 7.63. The summed E-state index contributed by atoms with van der Waals surface area (Å²) in [5.74, 6) is 0.877. The van der Waals surface area contributed by atoms with Gasteiger partial charge in [-0.1, -0.05) is 17.7 Å². The molecule has 0 spiro atoms. The van der Waals surface area contributed by atoms with Crippen LogP contribution in [0.25, 0.3) is 0 Å². The maximum atomic E-state index is 12.4. The van der Waals surface area contributed by atoms with Gasteiger partial charge in [-0.15, -0.1) is 0 Å². The zero-order valence-electron chi connectivity index (χ0n) is 17.2. The van der Waals surface area contributed by atoms with Crippen LogP contribution in [0.1, 0.15) is 40.9 Å². The van der Waals surface area contributed by atoms with E-state index in [1.54, 1.807) is 6.07 Å². The van der Waals surface area contributed by atoms with Crippen LogP contribution < -0.4 is 10.1 Å². The second kappa shape index (κ2) is 9.54. The molecule has 6 nitrogen and oxygen atoms in total. The Morgan fingerprint density at radius 2 is 2.07 bits per heavy atom. The van der Waals surface area contributed by atoms with Crippen molar-refractivity contribution in [2.75, 3.05) is 25.0 Å². The van der Waals surface area contributed by atoms with Crippen LogP contribution in [-0.4, -0.2) is 41.0 Å². The molecule has 2 aromatic heterocycles. The minimum atomic E-state index is -2.53. The predicted molar refractivity (Wildman–Crippen MR) is 111 cm³/mol. The molecule has 1 aliphatic rings. The number of ether oxygens (including phenoxy) is 1. The molecule has 1 unspecified atom stereocenters. The van der Waals surface area contributed by atoms with Gasteiger partial charge in [0.05, 0.1) is 6.07 Å². The van der Waals surface area contributed by atoms with Crippen LogP contribution >= 0.6 is 11.6 Å². The lowest BCUT2D eigenvalue weighted by molar-refractivity contribution is 0.0794. The largest absolute Gasteiger partial charge is 0.472 e. The summed E-state index contributed by atoms with van der Waals surface area (Å²) in [6.45, 7) is 6.91. The van der Waals surface area contributed by atoms with Crippen molar-refractivity contribution in [3.63, 3.8) is 0 Å². The van der Waals surface area contributed by atoms with Crippen LogP contribution in [0, 0.1) is 25.2 Å². The fourth-order valence-electron chi connectivity index (χ4n) is 3.78. The molecule has 3 heterocycles. The number of alkyl halides is 2. The van der Waals surface area contributed by atoms with Gasteiger partial charge in [0.25, 0.3) is 6.43 Å². The molecular weight excluding hydrogens is 412 g/mol. The first kappa shape index (κ1) is 22.2. The first-order valence-electron chi connectivity index (χ1n) is 9.73. The molecule has 0 aromatic carbocycles. The zero-order valence-corrected chi connectivity index (χ0v) is 17.9. The van der Waals surface area contributed by atoms with E-state index in [1.807, 2.05) is 19.9 Å². The molecule has 0 amide bonds. The first-order chi connectivity index (χ1) is 14.3. The van der Waals surface area contributed by atoms with Gasteiger partial charge in [0.15, 0.2) is 6.61 Å². The van der Waals surface area contributed by atoms with E-state index in [0.717, 1.165) is 40.9 Å². The van der Waals surface area contributed by atoms with Crippen LogP contribution in [0.15, 0.2) is 12.1 Å². The molecule has 0 bridgehead atoms. The maximum absolute atomic E-state index is 12.4. The molecule has 1 atom stereocenters. The molecule has 1 aliphatic heterocycles. The molecule has 9 heteroatoms. The van der Waals surface area contributed by atoms with E-state index >= 15 is 0 Å². The molecule has 0 saturated carbocycles. The van der Waals surface area contributed by atoms with Gasteiger partial charge in [-0.25, -0.2) is 18.7 Å². The second-order valence-electron chi connectivity index (χ2n) is 7.27. The average Bonchev–Trinajstić information content (AvgIpc) is 2.73. The van der Waals surface area contributed by atoms with E-state index in [4.69, 9.17) is 21.6 Å². The normalized spacial score (nSPS) is 14.9. The summed E-state index contributed by atoms with van der Waals surface area (Å²) in [7, 11) is 0. The minimum Gasteiger partial charge on any atom is -0.472 e. The van der Waals surface area contributed by atoms with E-state index in [1.165, 1.54) is 0 Å². The molecule has 30 heavy (non-hydrogen) atoms. The van der Waals surface area contributed by atoms with Crippen molar-refractivity contribution in [2.45, 2.75) is 46.2 Å². The monoisotopic (exact) mass is 435 g/mol. The highest BCUT2D eigenvalue weighted by Crippen LogP contribution is 2.35. The number of hydrogen-bond donors (Lipinski definition) is 1. The number of anilines is 1. The molecule has 0 radical (unpaired) electrons. The van der Waals surface area contributed by atoms with Crippen molar-refractivity contribution in [3.8, 4) is 11.9 Å². The molecule has 0 fully saturated rings. The highest BCUT2D eigenvalue weighted by atomic mass is 35.5. The van der Waals surface area contributed by atoms with Crippen LogP contribution in [-0.2, 0) is 13.0 Å². The van der Waals surface area contributed by atoms with Crippen LogP contribution in [0.4, 0.5) is 14.6 Å². The summed E-state index contributed by atoms with van der Waals surface area (Å²) in [5.41, 5.74) is 4.93. The Morgan fingerprint density at radius 3 is 2.73 bits per heavy atom. The number of nitrogens with zero attached hydrogens (tertiary/aromatic N) is 4. The number of nitriles is 1. The molecule has 2 aromatic rings. The number of halogens is 3. The predicted octanol–water partition coefficient (Wildman–Crippen LogP) is 4.45. The zero-order chi connectivity index (χ0) is 21.8. The van der Waals surface area contributed by atoms with E-state index < -0.39 is 13.0 Å². The summed E-state index contributed by atoms with van der Waals surface area (Å²) in [6, 6.07) is 5.65. The lowest BCUT2D eigenvalue weighted by Gasteiger charge is -2.36. The summed E-state index contributed by atoms with van der Waals surface area (Å²) in [5, 5.41) is 12.4. The number of pyridine rings is 2. The van der Waals surface area contributed by atoms with Crippen molar-refractivity contribution in [3.05, 3.63) is 45.2 Å². The van der Waals surface area contributed by atoms with Gasteiger partial charge in [0, 0.05) is 36.5 Å². The van der Waals surface area contributed by atoms with Crippen LogP contribution in [0.5, 0.6) is 5.88 Å². The SMILES string of the molecule is Cc1nc(OCC(F)F)ccc1C(C)N1CCc2c(NCC#N)nc(Cl)c(C)c2C1. The standard InChI is InChI=1S/C21H24ClF2N5O/c1-12-17-10-29(9-6-16(17)21(26-8-7-25)28-20(12)22)14(3)15-4-5-19(27-13(15)2)30-11-18(23)24/h4-5,14,18H,6,8-11H2,1-3H3,(H,26,28). The summed E-state index contributed by atoms with van der Waals surface area (Å²) in [4.78, 5) is 11.1. The van der Waals surface area contributed by atoms with E-state index in [2.05, 4.69) is 33.2 Å². The van der Waals surface area contributed by atoms with Gasteiger partial charge < -0.3 is 10.1 Å². The summed E-state index contributed by atoms with van der Waals surface area (Å²) in [6.07, 6.45) is -1.75. The third-order valence-corrected chi connectivity index (χ3v) is 5.79. The van der Waals surface area contributed by atoms with Crippen molar-refractivity contribution in [1.82, 2.24) is 14.9 Å². The fourth-order valence-corrected chi connectivity index (χ4v) is 3.98. The Morgan fingerprint density at radius 1 is 1.30 bits per heavy atom.